The van der Waals surface area contributed by atoms with E-state index in [-0.39, 0.29) is 5.75 Å². The maximum atomic E-state index is 12.7. The van der Waals surface area contributed by atoms with E-state index in [2.05, 4.69) is 15.0 Å². The van der Waals surface area contributed by atoms with Crippen molar-refractivity contribution in [3.63, 3.8) is 0 Å². The quantitative estimate of drug-likeness (QED) is 0.725. The zero-order valence-corrected chi connectivity index (χ0v) is 11.2. The number of hydrogen-bond donors (Lipinski definition) is 2. The van der Waals surface area contributed by atoms with Crippen LogP contribution in [-0.4, -0.2) is 20.1 Å². The Kier molecular flexibility index (Phi) is 3.53. The molecule has 0 saturated carbocycles. The smallest absolute Gasteiger partial charge is 0.290 e. The Morgan fingerprint density at radius 3 is 2.55 bits per heavy atom. The van der Waals surface area contributed by atoms with E-state index in [1.165, 1.54) is 30.6 Å². The Labute approximate surface area is 123 Å². The molecule has 0 unspecified atom stereocenters. The average molecular weight is 299 g/mol. The summed E-state index contributed by atoms with van der Waals surface area (Å²) in [7, 11) is 0. The largest absolute Gasteiger partial charge is 0.503 e. The second-order valence-electron chi connectivity index (χ2n) is 4.39. The van der Waals surface area contributed by atoms with Crippen LogP contribution in [0.2, 0.25) is 0 Å². The monoisotopic (exact) mass is 299 g/mol. The lowest BCUT2D eigenvalue weighted by atomic mass is 10.2. The molecule has 0 aliphatic rings. The van der Waals surface area contributed by atoms with Crippen LogP contribution in [0.1, 0.15) is 0 Å². The number of rotatable bonds is 3. The molecule has 6 nitrogen and oxygen atoms in total. The number of halogens is 1. The number of ether oxygens (including phenoxy) is 1. The van der Waals surface area contributed by atoms with Gasteiger partial charge in [-0.15, -0.1) is 0 Å². The third-order valence-electron chi connectivity index (χ3n) is 2.86. The van der Waals surface area contributed by atoms with E-state index in [1.54, 1.807) is 18.2 Å². The third kappa shape index (κ3) is 2.93. The lowest BCUT2D eigenvalue weighted by molar-refractivity contribution is 0.456. The van der Waals surface area contributed by atoms with Crippen LogP contribution in [0.15, 0.2) is 53.6 Å². The predicted molar refractivity (Wildman–Crippen MR) is 76.2 cm³/mol. The zero-order chi connectivity index (χ0) is 15.5. The van der Waals surface area contributed by atoms with Gasteiger partial charge in [0.15, 0.2) is 5.75 Å². The van der Waals surface area contributed by atoms with E-state index in [4.69, 9.17) is 4.74 Å². The second-order valence-corrected chi connectivity index (χ2v) is 4.39. The summed E-state index contributed by atoms with van der Waals surface area (Å²) in [4.78, 5) is 21.5. The minimum absolute atomic E-state index is 0.304. The van der Waals surface area contributed by atoms with E-state index < -0.39 is 11.5 Å². The number of nitrogens with zero attached hydrogens (tertiary/aromatic N) is 2. The van der Waals surface area contributed by atoms with Gasteiger partial charge in [0.25, 0.3) is 5.56 Å². The molecule has 110 valence electrons. The van der Waals surface area contributed by atoms with Gasteiger partial charge in [-0.2, -0.15) is 4.39 Å². The summed E-state index contributed by atoms with van der Waals surface area (Å²) in [5, 5.41) is 9.21. The molecule has 0 radical (unpaired) electrons. The molecule has 0 aliphatic carbocycles. The fourth-order valence-electron chi connectivity index (χ4n) is 1.78. The van der Waals surface area contributed by atoms with Crippen LogP contribution in [0, 0.1) is 5.95 Å². The van der Waals surface area contributed by atoms with Crippen LogP contribution >= 0.6 is 0 Å². The van der Waals surface area contributed by atoms with Crippen molar-refractivity contribution in [1.82, 2.24) is 15.0 Å². The van der Waals surface area contributed by atoms with E-state index >= 15 is 0 Å². The summed E-state index contributed by atoms with van der Waals surface area (Å²) in [5.74, 6) is -0.273. The van der Waals surface area contributed by atoms with Gasteiger partial charge in [0.2, 0.25) is 11.8 Å². The minimum atomic E-state index is -0.591. The summed E-state index contributed by atoms with van der Waals surface area (Å²) in [5.41, 5.74) is 0.599. The molecule has 3 aromatic heterocycles. The van der Waals surface area contributed by atoms with Gasteiger partial charge in [-0.3, -0.25) is 4.79 Å². The fourth-order valence-corrected chi connectivity index (χ4v) is 1.78. The number of aromatic hydroxyl groups is 1. The van der Waals surface area contributed by atoms with Gasteiger partial charge in [0.1, 0.15) is 5.75 Å². The van der Waals surface area contributed by atoms with Crippen molar-refractivity contribution in [1.29, 1.82) is 0 Å². The number of aromatic nitrogens is 3. The first-order valence-electron chi connectivity index (χ1n) is 6.30. The molecule has 3 heterocycles. The second kappa shape index (κ2) is 5.65. The van der Waals surface area contributed by atoms with Crippen LogP contribution in [0.25, 0.3) is 11.3 Å². The van der Waals surface area contributed by atoms with Crippen LogP contribution in [-0.2, 0) is 0 Å². The highest BCUT2D eigenvalue weighted by atomic mass is 19.1. The van der Waals surface area contributed by atoms with Crippen LogP contribution in [0.5, 0.6) is 17.4 Å². The third-order valence-corrected chi connectivity index (χ3v) is 2.86. The number of aromatic amines is 1. The van der Waals surface area contributed by atoms with Crippen molar-refractivity contribution < 1.29 is 14.2 Å². The van der Waals surface area contributed by atoms with Gasteiger partial charge in [0.05, 0.1) is 11.9 Å². The zero-order valence-electron chi connectivity index (χ0n) is 11.2. The van der Waals surface area contributed by atoms with Crippen molar-refractivity contribution >= 4 is 0 Å². The SMILES string of the molecule is O=c1[nH]c(-c2ccc(Oc3ccc(F)nc3)nc2)ccc1O. The number of hydrogen-bond acceptors (Lipinski definition) is 5. The summed E-state index contributed by atoms with van der Waals surface area (Å²) in [6.07, 6.45) is 2.76. The molecule has 0 fully saturated rings. The van der Waals surface area contributed by atoms with Gasteiger partial charge in [-0.05, 0) is 30.3 Å². The molecule has 0 atom stereocenters. The number of nitrogens with one attached hydrogen (secondary N) is 1. The normalized spacial score (nSPS) is 10.4. The molecule has 7 heteroatoms. The summed E-state index contributed by atoms with van der Waals surface area (Å²) in [6.45, 7) is 0. The maximum absolute atomic E-state index is 12.7. The molecule has 3 aromatic rings. The molecule has 0 amide bonds. The van der Waals surface area contributed by atoms with Crippen LogP contribution in [0.3, 0.4) is 0 Å². The van der Waals surface area contributed by atoms with E-state index in [0.717, 1.165) is 0 Å². The molecule has 2 N–H and O–H groups in total. The molecule has 0 aliphatic heterocycles. The van der Waals surface area contributed by atoms with E-state index in [9.17, 15) is 14.3 Å². The van der Waals surface area contributed by atoms with Crippen molar-refractivity contribution in [3.05, 3.63) is 65.1 Å². The Morgan fingerprint density at radius 2 is 1.91 bits per heavy atom. The molecule has 0 aromatic carbocycles. The highest BCUT2D eigenvalue weighted by molar-refractivity contribution is 5.58. The van der Waals surface area contributed by atoms with Gasteiger partial charge in [0, 0.05) is 17.8 Å². The predicted octanol–water partition coefficient (Wildman–Crippen LogP) is 2.47. The number of pyridine rings is 3. The lowest BCUT2D eigenvalue weighted by Gasteiger charge is -2.05. The molecular weight excluding hydrogens is 289 g/mol. The van der Waals surface area contributed by atoms with Crippen molar-refractivity contribution in [2.24, 2.45) is 0 Å². The Morgan fingerprint density at radius 1 is 1.05 bits per heavy atom. The Bertz CT molecular complexity index is 845. The van der Waals surface area contributed by atoms with Gasteiger partial charge < -0.3 is 14.8 Å². The van der Waals surface area contributed by atoms with Crippen LogP contribution in [0.4, 0.5) is 4.39 Å². The highest BCUT2D eigenvalue weighted by Crippen LogP contribution is 2.22. The minimum Gasteiger partial charge on any atom is -0.503 e. The molecule has 3 rings (SSSR count). The van der Waals surface area contributed by atoms with Crippen molar-refractivity contribution in [2.75, 3.05) is 0 Å². The maximum Gasteiger partial charge on any atom is 0.290 e. The molecule has 0 saturated heterocycles. The van der Waals surface area contributed by atoms with Gasteiger partial charge in [-0.1, -0.05) is 0 Å². The number of H-pyrrole nitrogens is 1. The first-order chi connectivity index (χ1) is 10.6. The summed E-state index contributed by atoms with van der Waals surface area (Å²) >= 11 is 0. The molecular formula is C15H10FN3O3. The summed E-state index contributed by atoms with van der Waals surface area (Å²) < 4.78 is 18.1. The first-order valence-corrected chi connectivity index (χ1v) is 6.30. The van der Waals surface area contributed by atoms with Gasteiger partial charge >= 0.3 is 0 Å². The molecule has 0 spiro atoms. The summed E-state index contributed by atoms with van der Waals surface area (Å²) in [6, 6.07) is 8.80. The van der Waals surface area contributed by atoms with Crippen LogP contribution < -0.4 is 10.3 Å². The fraction of sp³-hybridized carbons (Fsp3) is 0. The van der Waals surface area contributed by atoms with Crippen molar-refractivity contribution in [3.8, 4) is 28.6 Å². The lowest BCUT2D eigenvalue weighted by Crippen LogP contribution is -2.05. The Balaban J connectivity index is 1.81. The standard InChI is InChI=1S/C15H10FN3O3/c16-13-5-2-10(8-17-13)22-14-6-1-9(7-18-14)11-3-4-12(20)15(21)19-11/h1-8,20H,(H,19,21). The van der Waals surface area contributed by atoms with Crippen molar-refractivity contribution in [2.45, 2.75) is 0 Å². The highest BCUT2D eigenvalue weighted by Gasteiger charge is 2.04. The average Bonchev–Trinajstić information content (AvgIpc) is 2.53. The van der Waals surface area contributed by atoms with E-state index in [1.807, 2.05) is 0 Å². The topological polar surface area (TPSA) is 88.1 Å². The molecule has 22 heavy (non-hydrogen) atoms. The first kappa shape index (κ1) is 13.7. The molecule has 0 bridgehead atoms. The van der Waals surface area contributed by atoms with E-state index in [0.29, 0.717) is 22.9 Å². The Hall–Kier alpha value is -3.22. The van der Waals surface area contributed by atoms with Gasteiger partial charge in [-0.25, -0.2) is 9.97 Å².